The molecule has 3 N–H and O–H groups in total. The Morgan fingerprint density at radius 2 is 0.588 bits per heavy atom. The zero-order valence-electron chi connectivity index (χ0n) is 35.0. The van der Waals surface area contributed by atoms with Gasteiger partial charge in [0.1, 0.15) is 0 Å². The first kappa shape index (κ1) is 56.9. The van der Waals surface area contributed by atoms with Gasteiger partial charge in [0.25, 0.3) is 0 Å². The van der Waals surface area contributed by atoms with Gasteiger partial charge >= 0.3 is 90.3 Å². The predicted molar refractivity (Wildman–Crippen MR) is 224 cm³/mol. The molecule has 0 saturated heterocycles. The summed E-state index contributed by atoms with van der Waals surface area (Å²) in [7, 11) is 0. The van der Waals surface area contributed by atoms with E-state index >= 15 is 0 Å². The van der Waals surface area contributed by atoms with E-state index in [0.717, 1.165) is 44.4 Å². The molecule has 0 bridgehead atoms. The summed E-state index contributed by atoms with van der Waals surface area (Å²) < 4.78 is 1.50. The van der Waals surface area contributed by atoms with Crippen molar-refractivity contribution in [1.82, 2.24) is 0 Å². The van der Waals surface area contributed by atoms with Gasteiger partial charge in [-0.1, -0.05) is 175 Å². The van der Waals surface area contributed by atoms with Gasteiger partial charge < -0.3 is 15.3 Å². The zero-order valence-corrected chi connectivity index (χ0v) is 38.3. The molecular weight excluding hydrogens is 743 g/mol. The van der Waals surface area contributed by atoms with Crippen LogP contribution in [0.2, 0.25) is 4.44 Å². The van der Waals surface area contributed by atoms with Crippen LogP contribution in [0.3, 0.4) is 0 Å². The number of carbonyl (C=O) groups is 3. The van der Waals surface area contributed by atoms with Gasteiger partial charge in [0.15, 0.2) is 0 Å². The third-order valence-electron chi connectivity index (χ3n) is 9.36. The molecule has 0 amide bonds. The van der Waals surface area contributed by atoms with E-state index in [-0.39, 0.29) is 0 Å². The van der Waals surface area contributed by atoms with Crippen molar-refractivity contribution >= 4 is 40.4 Å². The molecular formula is C44H90O6Sn. The molecule has 0 aliphatic heterocycles. The van der Waals surface area contributed by atoms with Crippen LogP contribution in [0.5, 0.6) is 0 Å². The number of aliphatic carboxylic acids is 3. The molecule has 0 aromatic heterocycles. The quantitative estimate of drug-likeness (QED) is 0.0433. The van der Waals surface area contributed by atoms with Crippen molar-refractivity contribution in [2.45, 2.75) is 257 Å². The second-order valence-electron chi connectivity index (χ2n) is 14.6. The van der Waals surface area contributed by atoms with E-state index in [1.807, 2.05) is 0 Å². The van der Waals surface area contributed by atoms with Crippen LogP contribution >= 0.6 is 0 Å². The Kier molecular flexibility index (Phi) is 59.8. The van der Waals surface area contributed by atoms with Crippen molar-refractivity contribution in [2.24, 2.45) is 5.92 Å². The Morgan fingerprint density at radius 3 is 0.765 bits per heavy atom. The molecule has 0 rings (SSSR count). The molecule has 51 heavy (non-hydrogen) atoms. The average Bonchev–Trinajstić information content (AvgIpc) is 3.10. The number of hydrogen-bond donors (Lipinski definition) is 3. The van der Waals surface area contributed by atoms with E-state index in [9.17, 15) is 14.4 Å². The number of carboxylic acids is 3. The Hall–Kier alpha value is -0.791. The summed E-state index contributed by atoms with van der Waals surface area (Å²) in [6, 6.07) is 0. The molecule has 0 saturated carbocycles. The van der Waals surface area contributed by atoms with Crippen molar-refractivity contribution in [2.75, 3.05) is 0 Å². The minimum absolute atomic E-state index is 0.343. The molecule has 0 fully saturated rings. The first-order valence-electron chi connectivity index (χ1n) is 22.0. The Labute approximate surface area is 332 Å². The summed E-state index contributed by atoms with van der Waals surface area (Å²) in [5, 5.41) is 25.2. The smallest absolute Gasteiger partial charge is 0.303 e. The summed E-state index contributed by atoms with van der Waals surface area (Å²) in [6.45, 7) is 11.3. The number of rotatable bonds is 35. The van der Waals surface area contributed by atoms with Crippen LogP contribution in [0.1, 0.15) is 253 Å². The van der Waals surface area contributed by atoms with Gasteiger partial charge in [0.05, 0.1) is 0 Å². The fourth-order valence-corrected chi connectivity index (χ4v) is 7.37. The Balaban J connectivity index is -0.000000292. The van der Waals surface area contributed by atoms with Gasteiger partial charge in [-0.15, -0.1) is 0 Å². The molecule has 0 aromatic rings. The third-order valence-corrected chi connectivity index (χ3v) is 11.3. The van der Waals surface area contributed by atoms with Crippen molar-refractivity contribution in [3.8, 4) is 0 Å². The SMILES string of the molecule is CCCCC(CC)[CH2][SnH].CCCCCCCCCCCC(=O)O.CCCCCCCCCCCC(=O)O.CCCCCCCCCCCC(=O)O. The topological polar surface area (TPSA) is 112 Å². The van der Waals surface area contributed by atoms with Crippen molar-refractivity contribution < 1.29 is 29.7 Å². The van der Waals surface area contributed by atoms with Crippen LogP contribution in [-0.2, 0) is 14.4 Å². The zero-order chi connectivity index (χ0) is 39.1. The Morgan fingerprint density at radius 1 is 0.373 bits per heavy atom. The number of carboxylic acid groups (broad SMARTS) is 3. The maximum Gasteiger partial charge on any atom is 0.303 e. The fraction of sp³-hybridized carbons (Fsp3) is 0.932. The molecule has 306 valence electrons. The van der Waals surface area contributed by atoms with E-state index in [4.69, 9.17) is 15.3 Å². The second kappa shape index (κ2) is 53.6. The van der Waals surface area contributed by atoms with Crippen molar-refractivity contribution in [3.05, 3.63) is 0 Å². The largest absolute Gasteiger partial charge is 0.481 e. The predicted octanol–water partition coefficient (Wildman–Crippen LogP) is 14.5. The molecule has 0 aliphatic carbocycles. The summed E-state index contributed by atoms with van der Waals surface area (Å²) in [4.78, 5) is 30.6. The van der Waals surface area contributed by atoms with Crippen LogP contribution in [0, 0.1) is 5.92 Å². The standard InChI is InChI=1S/3C12H24O2.C8H17.Sn.H/c3*1-2-3-4-5-6-7-8-9-10-11-12(13)14;1-4-6-7-8(3)5-2;;/h3*2-11H2,1H3,(H,13,14);8H,3-7H2,1-2H3;;. The van der Waals surface area contributed by atoms with Crippen molar-refractivity contribution in [1.29, 1.82) is 0 Å². The van der Waals surface area contributed by atoms with Crippen LogP contribution in [0.15, 0.2) is 0 Å². The van der Waals surface area contributed by atoms with Crippen LogP contribution in [-0.4, -0.2) is 55.8 Å². The number of hydrogen-bond acceptors (Lipinski definition) is 3. The van der Waals surface area contributed by atoms with E-state index in [1.54, 1.807) is 0 Å². The fourth-order valence-electron chi connectivity index (χ4n) is 5.74. The molecule has 0 aromatic carbocycles. The minimum Gasteiger partial charge on any atom is -0.481 e. The molecule has 2 radical (unpaired) electrons. The maximum atomic E-state index is 10.2. The number of unbranched alkanes of at least 4 members (excludes halogenated alkanes) is 25. The molecule has 1 atom stereocenters. The summed E-state index contributed by atoms with van der Waals surface area (Å²) in [5.74, 6) is -0.916. The van der Waals surface area contributed by atoms with E-state index in [2.05, 4.69) is 34.6 Å². The molecule has 0 spiro atoms. The average molecular weight is 834 g/mol. The van der Waals surface area contributed by atoms with Gasteiger partial charge in [0.2, 0.25) is 0 Å². The molecule has 7 heteroatoms. The summed E-state index contributed by atoms with van der Waals surface area (Å²) in [6.07, 6.45) is 40.1. The van der Waals surface area contributed by atoms with Crippen LogP contribution in [0.4, 0.5) is 0 Å². The molecule has 6 nitrogen and oxygen atoms in total. The molecule has 1 unspecified atom stereocenters. The van der Waals surface area contributed by atoms with Gasteiger partial charge in [-0.2, -0.15) is 0 Å². The molecule has 0 aliphatic rings. The summed E-state index contributed by atoms with van der Waals surface area (Å²) in [5.41, 5.74) is 0. The van der Waals surface area contributed by atoms with E-state index < -0.39 is 17.9 Å². The van der Waals surface area contributed by atoms with Crippen LogP contribution in [0.25, 0.3) is 0 Å². The minimum atomic E-state index is -0.659. The summed E-state index contributed by atoms with van der Waals surface area (Å²) >= 11 is 1.46. The van der Waals surface area contributed by atoms with Gasteiger partial charge in [0, 0.05) is 19.3 Å². The molecule has 0 heterocycles. The second-order valence-corrected chi connectivity index (χ2v) is 15.9. The van der Waals surface area contributed by atoms with E-state index in [0.29, 0.717) is 19.3 Å². The van der Waals surface area contributed by atoms with Crippen molar-refractivity contribution in [3.63, 3.8) is 0 Å². The Bertz CT molecular complexity index is 592. The van der Waals surface area contributed by atoms with Gasteiger partial charge in [-0.25, -0.2) is 0 Å². The third kappa shape index (κ3) is 67.8. The maximum absolute atomic E-state index is 10.2. The van der Waals surface area contributed by atoms with Gasteiger partial charge in [-0.05, 0) is 19.3 Å². The monoisotopic (exact) mass is 835 g/mol. The first-order valence-corrected chi connectivity index (χ1v) is 24.3. The van der Waals surface area contributed by atoms with E-state index in [1.165, 1.54) is 187 Å². The first-order chi connectivity index (χ1) is 24.7. The normalized spacial score (nSPS) is 10.9. The van der Waals surface area contributed by atoms with Crippen LogP contribution < -0.4 is 0 Å². The van der Waals surface area contributed by atoms with Gasteiger partial charge in [-0.3, -0.25) is 14.4 Å².